The van der Waals surface area contributed by atoms with E-state index in [1.807, 2.05) is 0 Å². The summed E-state index contributed by atoms with van der Waals surface area (Å²) >= 11 is 3.55. The molecule has 0 aliphatic carbocycles. The third kappa shape index (κ3) is 2.10. The first kappa shape index (κ1) is 13.8. The van der Waals surface area contributed by atoms with Crippen molar-refractivity contribution in [1.29, 1.82) is 0 Å². The lowest BCUT2D eigenvalue weighted by Gasteiger charge is -2.08. The summed E-state index contributed by atoms with van der Waals surface area (Å²) in [5.41, 5.74) is 9.59. The quantitative estimate of drug-likeness (QED) is 0.790. The molecule has 3 nitrogen and oxygen atoms in total. The fourth-order valence-corrected chi connectivity index (χ4v) is 4.52. The van der Waals surface area contributed by atoms with Crippen LogP contribution in [0.25, 0.3) is 15.5 Å². The summed E-state index contributed by atoms with van der Waals surface area (Å²) in [6.07, 6.45) is 0.878. The molecule has 3 aromatic heterocycles. The van der Waals surface area contributed by atoms with E-state index in [9.17, 15) is 0 Å². The van der Waals surface area contributed by atoms with Gasteiger partial charge >= 0.3 is 0 Å². The van der Waals surface area contributed by atoms with Gasteiger partial charge in [0.25, 0.3) is 0 Å². The number of nitrogens with zero attached hydrogens (tertiary/aromatic N) is 2. The van der Waals surface area contributed by atoms with Crippen molar-refractivity contribution in [2.45, 2.75) is 33.1 Å². The van der Waals surface area contributed by atoms with Gasteiger partial charge in [0, 0.05) is 17.0 Å². The molecular weight excluding hydrogens is 286 g/mol. The highest BCUT2D eigenvalue weighted by atomic mass is 32.1. The smallest absolute Gasteiger partial charge is 0.194 e. The summed E-state index contributed by atoms with van der Waals surface area (Å²) in [5, 5.41) is 2.13. The molecule has 0 unspecified atom stereocenters. The molecular formula is C15H19N3S2. The fourth-order valence-electron chi connectivity index (χ4n) is 2.63. The van der Waals surface area contributed by atoms with Crippen LogP contribution in [0.4, 0.5) is 0 Å². The summed E-state index contributed by atoms with van der Waals surface area (Å²) in [5.74, 6) is 0.431. The van der Waals surface area contributed by atoms with E-state index >= 15 is 0 Å². The van der Waals surface area contributed by atoms with Gasteiger partial charge in [0.15, 0.2) is 4.96 Å². The molecule has 5 heteroatoms. The molecule has 0 atom stereocenters. The Balaban J connectivity index is 2.32. The molecule has 0 fully saturated rings. The minimum absolute atomic E-state index is 0.431. The molecule has 3 aromatic rings. The molecule has 106 valence electrons. The van der Waals surface area contributed by atoms with Crippen molar-refractivity contribution >= 4 is 27.6 Å². The van der Waals surface area contributed by atoms with Crippen molar-refractivity contribution in [3.8, 4) is 10.6 Å². The molecule has 0 aliphatic heterocycles. The van der Waals surface area contributed by atoms with Crippen LogP contribution < -0.4 is 5.73 Å². The maximum absolute atomic E-state index is 5.82. The van der Waals surface area contributed by atoms with E-state index in [0.29, 0.717) is 12.5 Å². The lowest BCUT2D eigenvalue weighted by Crippen LogP contribution is -2.08. The van der Waals surface area contributed by atoms with Crippen molar-refractivity contribution in [3.05, 3.63) is 33.8 Å². The number of thiazole rings is 1. The molecule has 0 amide bonds. The van der Waals surface area contributed by atoms with Gasteiger partial charge in [0.2, 0.25) is 0 Å². The minimum atomic E-state index is 0.431. The zero-order chi connectivity index (χ0) is 14.3. The molecule has 3 heterocycles. The molecule has 0 saturated heterocycles. The Morgan fingerprint density at radius 2 is 2.20 bits per heavy atom. The minimum Gasteiger partial charge on any atom is -0.330 e. The summed E-state index contributed by atoms with van der Waals surface area (Å²) in [6.45, 7) is 7.23. The zero-order valence-corrected chi connectivity index (χ0v) is 13.6. The van der Waals surface area contributed by atoms with Crippen LogP contribution in [0.15, 0.2) is 17.5 Å². The maximum atomic E-state index is 5.82. The average Bonchev–Trinajstić information content (AvgIpc) is 3.06. The molecule has 0 saturated carbocycles. The molecule has 0 aliphatic rings. The van der Waals surface area contributed by atoms with E-state index in [1.165, 1.54) is 26.8 Å². The van der Waals surface area contributed by atoms with Crippen LogP contribution in [0, 0.1) is 6.92 Å². The maximum Gasteiger partial charge on any atom is 0.194 e. The van der Waals surface area contributed by atoms with Crippen molar-refractivity contribution in [2.24, 2.45) is 5.73 Å². The number of aromatic nitrogens is 2. The standard InChI is InChI=1S/C15H19N3S2/c1-9(2)13-11(6-7-16)18-14(12-5-4-8-19-12)10(3)20-15(18)17-13/h4-5,8-9H,6-7,16H2,1-3H3. The van der Waals surface area contributed by atoms with E-state index < -0.39 is 0 Å². The van der Waals surface area contributed by atoms with Crippen LogP contribution in [0.3, 0.4) is 0 Å². The van der Waals surface area contributed by atoms with Crippen LogP contribution in [0.5, 0.6) is 0 Å². The first-order chi connectivity index (χ1) is 9.63. The molecule has 0 aromatic carbocycles. The summed E-state index contributed by atoms with van der Waals surface area (Å²) in [4.78, 5) is 8.58. The molecule has 0 spiro atoms. The van der Waals surface area contributed by atoms with Gasteiger partial charge in [0.1, 0.15) is 0 Å². The van der Waals surface area contributed by atoms with Gasteiger partial charge in [-0.1, -0.05) is 19.9 Å². The first-order valence-corrected chi connectivity index (χ1v) is 8.57. The summed E-state index contributed by atoms with van der Waals surface area (Å²) in [7, 11) is 0. The van der Waals surface area contributed by atoms with Gasteiger partial charge in [-0.15, -0.1) is 22.7 Å². The van der Waals surface area contributed by atoms with Crippen molar-refractivity contribution in [3.63, 3.8) is 0 Å². The molecule has 20 heavy (non-hydrogen) atoms. The average molecular weight is 305 g/mol. The van der Waals surface area contributed by atoms with Crippen molar-refractivity contribution < 1.29 is 0 Å². The van der Waals surface area contributed by atoms with E-state index in [2.05, 4.69) is 42.7 Å². The van der Waals surface area contributed by atoms with Crippen LogP contribution in [0.1, 0.15) is 36.0 Å². The number of rotatable bonds is 4. The van der Waals surface area contributed by atoms with E-state index in [4.69, 9.17) is 10.7 Å². The number of thiophene rings is 1. The van der Waals surface area contributed by atoms with Crippen LogP contribution >= 0.6 is 22.7 Å². The number of hydrogen-bond acceptors (Lipinski definition) is 4. The molecule has 3 rings (SSSR count). The lowest BCUT2D eigenvalue weighted by molar-refractivity contribution is 0.792. The molecule has 2 N–H and O–H groups in total. The SMILES string of the molecule is Cc1sc2nc(C(C)C)c(CCN)n2c1-c1cccs1. The van der Waals surface area contributed by atoms with E-state index in [0.717, 1.165) is 11.4 Å². The Bertz CT molecular complexity index is 720. The highest BCUT2D eigenvalue weighted by molar-refractivity contribution is 7.18. The van der Waals surface area contributed by atoms with Gasteiger partial charge in [-0.2, -0.15) is 0 Å². The molecule has 0 radical (unpaired) electrons. The van der Waals surface area contributed by atoms with Crippen molar-refractivity contribution in [2.75, 3.05) is 6.54 Å². The van der Waals surface area contributed by atoms with Gasteiger partial charge in [-0.25, -0.2) is 4.98 Å². The van der Waals surface area contributed by atoms with Crippen LogP contribution in [-0.4, -0.2) is 15.9 Å². The van der Waals surface area contributed by atoms with Gasteiger partial charge in [-0.05, 0) is 30.8 Å². The summed E-state index contributed by atoms with van der Waals surface area (Å²) < 4.78 is 2.33. The zero-order valence-electron chi connectivity index (χ0n) is 12.0. The fraction of sp³-hybridized carbons (Fsp3) is 0.400. The van der Waals surface area contributed by atoms with E-state index in [-0.39, 0.29) is 0 Å². The number of imidazole rings is 1. The highest BCUT2D eigenvalue weighted by Gasteiger charge is 2.21. The monoisotopic (exact) mass is 305 g/mol. The Hall–Kier alpha value is -1.17. The number of nitrogens with two attached hydrogens (primary N) is 1. The second-order valence-electron chi connectivity index (χ2n) is 5.24. The normalized spacial score (nSPS) is 11.8. The second-order valence-corrected chi connectivity index (χ2v) is 7.37. The Morgan fingerprint density at radius 1 is 1.40 bits per heavy atom. The summed E-state index contributed by atoms with van der Waals surface area (Å²) in [6, 6.07) is 4.28. The number of hydrogen-bond donors (Lipinski definition) is 1. The van der Waals surface area contributed by atoms with Crippen molar-refractivity contribution in [1.82, 2.24) is 9.38 Å². The molecule has 0 bridgehead atoms. The largest absolute Gasteiger partial charge is 0.330 e. The lowest BCUT2D eigenvalue weighted by atomic mass is 10.1. The van der Waals surface area contributed by atoms with Gasteiger partial charge < -0.3 is 5.73 Å². The van der Waals surface area contributed by atoms with E-state index in [1.54, 1.807) is 22.7 Å². The topological polar surface area (TPSA) is 43.3 Å². The third-order valence-electron chi connectivity index (χ3n) is 3.46. The van der Waals surface area contributed by atoms with Gasteiger partial charge in [-0.3, -0.25) is 4.40 Å². The Morgan fingerprint density at radius 3 is 2.80 bits per heavy atom. The van der Waals surface area contributed by atoms with Gasteiger partial charge in [0.05, 0.1) is 16.3 Å². The first-order valence-electron chi connectivity index (χ1n) is 6.88. The second kappa shape index (κ2) is 5.31. The third-order valence-corrected chi connectivity index (χ3v) is 5.29. The number of aryl methyl sites for hydroxylation is 1. The predicted octanol–water partition coefficient (Wildman–Crippen LogP) is 4.06. The Labute approximate surface area is 127 Å². The highest BCUT2D eigenvalue weighted by Crippen LogP contribution is 2.36. The van der Waals surface area contributed by atoms with Crippen LogP contribution in [-0.2, 0) is 6.42 Å². The Kier molecular flexibility index (Phi) is 3.67. The van der Waals surface area contributed by atoms with Crippen LogP contribution in [0.2, 0.25) is 0 Å². The number of fused-ring (bicyclic) bond motifs is 1. The predicted molar refractivity (Wildman–Crippen MR) is 88.0 cm³/mol.